The predicted molar refractivity (Wildman–Crippen MR) is 86.3 cm³/mol. The summed E-state index contributed by atoms with van der Waals surface area (Å²) < 4.78 is 2.03. The van der Waals surface area contributed by atoms with Crippen molar-refractivity contribution in [2.45, 2.75) is 71.4 Å². The summed E-state index contributed by atoms with van der Waals surface area (Å²) in [4.78, 5) is 0. The topological polar surface area (TPSA) is 50.1 Å². The predicted octanol–water partition coefficient (Wildman–Crippen LogP) is 2.58. The van der Waals surface area contributed by atoms with Gasteiger partial charge in [0.05, 0.1) is 5.69 Å². The summed E-state index contributed by atoms with van der Waals surface area (Å²) in [7, 11) is 2.05. The molecular weight excluding hydrogens is 262 g/mol. The Balaban J connectivity index is 2.07. The smallest absolute Gasteiger partial charge is 0.0669 e. The largest absolute Gasteiger partial charge is 0.396 e. The molecule has 0 spiro atoms. The van der Waals surface area contributed by atoms with E-state index >= 15 is 0 Å². The van der Waals surface area contributed by atoms with E-state index in [4.69, 9.17) is 0 Å². The van der Waals surface area contributed by atoms with Gasteiger partial charge in [-0.2, -0.15) is 5.10 Å². The van der Waals surface area contributed by atoms with Gasteiger partial charge in [-0.05, 0) is 31.6 Å². The van der Waals surface area contributed by atoms with Crippen LogP contribution in [0.15, 0.2) is 0 Å². The minimum atomic E-state index is 0.311. The molecule has 2 rings (SSSR count). The molecule has 1 aromatic heterocycles. The van der Waals surface area contributed by atoms with Crippen molar-refractivity contribution in [3.05, 3.63) is 17.0 Å². The second-order valence-corrected chi connectivity index (χ2v) is 6.27. The van der Waals surface area contributed by atoms with E-state index in [0.717, 1.165) is 25.8 Å². The molecule has 0 aromatic carbocycles. The Bertz CT molecular complexity index is 441. The molecule has 21 heavy (non-hydrogen) atoms. The van der Waals surface area contributed by atoms with Crippen LogP contribution in [0.25, 0.3) is 0 Å². The van der Waals surface area contributed by atoms with Crippen LogP contribution < -0.4 is 5.32 Å². The Morgan fingerprint density at radius 3 is 2.62 bits per heavy atom. The Morgan fingerprint density at radius 2 is 1.95 bits per heavy atom. The quantitative estimate of drug-likeness (QED) is 0.793. The van der Waals surface area contributed by atoms with E-state index in [-0.39, 0.29) is 0 Å². The molecule has 0 saturated heterocycles. The maximum Gasteiger partial charge on any atom is 0.0669 e. The van der Waals surface area contributed by atoms with Crippen molar-refractivity contribution >= 4 is 0 Å². The van der Waals surface area contributed by atoms with Crippen molar-refractivity contribution in [1.29, 1.82) is 0 Å². The second-order valence-electron chi connectivity index (χ2n) is 6.27. The van der Waals surface area contributed by atoms with E-state index in [9.17, 15) is 5.11 Å². The van der Waals surface area contributed by atoms with E-state index in [0.29, 0.717) is 18.6 Å². The highest BCUT2D eigenvalue weighted by atomic mass is 16.3. The third kappa shape index (κ3) is 3.86. The van der Waals surface area contributed by atoms with Crippen LogP contribution in [0, 0.1) is 5.92 Å². The lowest BCUT2D eigenvalue weighted by atomic mass is 9.95. The molecule has 1 saturated carbocycles. The highest BCUT2D eigenvalue weighted by molar-refractivity contribution is 5.26. The number of hydrogen-bond acceptors (Lipinski definition) is 3. The van der Waals surface area contributed by atoms with Crippen LogP contribution in [-0.2, 0) is 26.4 Å². The van der Waals surface area contributed by atoms with Crippen molar-refractivity contribution in [3.63, 3.8) is 0 Å². The van der Waals surface area contributed by atoms with Crippen LogP contribution in [0.1, 0.15) is 62.9 Å². The Hall–Kier alpha value is -0.870. The number of aliphatic hydroxyl groups excluding tert-OH is 1. The van der Waals surface area contributed by atoms with E-state index < -0.39 is 0 Å². The van der Waals surface area contributed by atoms with Gasteiger partial charge in [0, 0.05) is 37.5 Å². The molecule has 1 aliphatic rings. The first-order chi connectivity index (χ1) is 10.2. The first kappa shape index (κ1) is 16.5. The molecule has 0 amide bonds. The fourth-order valence-electron chi connectivity index (χ4n) is 3.70. The van der Waals surface area contributed by atoms with Crippen LogP contribution in [0.5, 0.6) is 0 Å². The third-order valence-corrected chi connectivity index (χ3v) is 4.96. The fraction of sp³-hybridized carbons (Fsp3) is 0.824. The normalized spacial score (nSPS) is 23.2. The molecule has 0 radical (unpaired) electrons. The molecule has 1 aliphatic carbocycles. The first-order valence-electron chi connectivity index (χ1n) is 8.59. The molecule has 4 nitrogen and oxygen atoms in total. The van der Waals surface area contributed by atoms with Gasteiger partial charge in [-0.1, -0.05) is 33.1 Å². The van der Waals surface area contributed by atoms with Crippen molar-refractivity contribution in [1.82, 2.24) is 15.1 Å². The van der Waals surface area contributed by atoms with Gasteiger partial charge >= 0.3 is 0 Å². The third-order valence-electron chi connectivity index (χ3n) is 4.96. The first-order valence-corrected chi connectivity index (χ1v) is 8.59. The van der Waals surface area contributed by atoms with Gasteiger partial charge in [-0.3, -0.25) is 4.68 Å². The SMILES string of the molecule is CCc1nn(C)c(CC)c1CN[C@@H]1CCCCC[C@H]1CO. The van der Waals surface area contributed by atoms with Gasteiger partial charge in [0.15, 0.2) is 0 Å². The van der Waals surface area contributed by atoms with Crippen LogP contribution in [-0.4, -0.2) is 27.5 Å². The van der Waals surface area contributed by atoms with Crippen molar-refractivity contribution in [2.75, 3.05) is 6.61 Å². The van der Waals surface area contributed by atoms with Gasteiger partial charge in [0.1, 0.15) is 0 Å². The maximum absolute atomic E-state index is 9.63. The molecule has 1 fully saturated rings. The van der Waals surface area contributed by atoms with Crippen LogP contribution in [0.3, 0.4) is 0 Å². The van der Waals surface area contributed by atoms with Crippen LogP contribution in [0.2, 0.25) is 0 Å². The summed E-state index contributed by atoms with van der Waals surface area (Å²) >= 11 is 0. The molecule has 1 aromatic rings. The molecule has 2 N–H and O–H groups in total. The lowest BCUT2D eigenvalue weighted by molar-refractivity contribution is 0.181. The van der Waals surface area contributed by atoms with Gasteiger partial charge < -0.3 is 10.4 Å². The number of nitrogens with one attached hydrogen (secondary N) is 1. The van der Waals surface area contributed by atoms with Gasteiger partial charge in [-0.15, -0.1) is 0 Å². The minimum absolute atomic E-state index is 0.311. The Kier molecular flexibility index (Phi) is 6.24. The minimum Gasteiger partial charge on any atom is -0.396 e. The lowest BCUT2D eigenvalue weighted by Gasteiger charge is -2.25. The van der Waals surface area contributed by atoms with Crippen LogP contribution >= 0.6 is 0 Å². The van der Waals surface area contributed by atoms with Crippen molar-refractivity contribution in [2.24, 2.45) is 13.0 Å². The molecule has 2 atom stereocenters. The summed E-state index contributed by atoms with van der Waals surface area (Å²) in [6.45, 7) is 5.57. The molecule has 1 heterocycles. The van der Waals surface area contributed by atoms with E-state index in [2.05, 4.69) is 24.3 Å². The lowest BCUT2D eigenvalue weighted by Crippen LogP contribution is -2.37. The van der Waals surface area contributed by atoms with Gasteiger partial charge in [0.25, 0.3) is 0 Å². The summed E-state index contributed by atoms with van der Waals surface area (Å²) in [5, 5.41) is 18.0. The number of aliphatic hydroxyl groups is 1. The molecule has 0 unspecified atom stereocenters. The summed E-state index contributed by atoms with van der Waals surface area (Å²) in [6.07, 6.45) is 8.20. The fourth-order valence-corrected chi connectivity index (χ4v) is 3.70. The van der Waals surface area contributed by atoms with E-state index in [1.165, 1.54) is 42.6 Å². The van der Waals surface area contributed by atoms with Crippen molar-refractivity contribution in [3.8, 4) is 0 Å². The average Bonchev–Trinajstić information content (AvgIpc) is 2.66. The molecular formula is C17H31N3O. The Labute approximate surface area is 128 Å². The van der Waals surface area contributed by atoms with Crippen LogP contribution in [0.4, 0.5) is 0 Å². The Morgan fingerprint density at radius 1 is 1.19 bits per heavy atom. The maximum atomic E-state index is 9.63. The summed E-state index contributed by atoms with van der Waals surface area (Å²) in [5.41, 5.74) is 3.94. The summed E-state index contributed by atoms with van der Waals surface area (Å²) in [5.74, 6) is 0.416. The number of aromatic nitrogens is 2. The molecule has 0 aliphatic heterocycles. The highest BCUT2D eigenvalue weighted by Crippen LogP contribution is 2.24. The number of hydrogen-bond donors (Lipinski definition) is 2. The molecule has 120 valence electrons. The second kappa shape index (κ2) is 7.95. The standard InChI is InChI=1S/C17H31N3O/c1-4-15-14(17(5-2)20(3)19-15)11-18-16-10-8-6-7-9-13(16)12-21/h13,16,18,21H,4-12H2,1-3H3/t13-,16+/m0/s1. The molecule has 0 bridgehead atoms. The number of rotatable bonds is 6. The zero-order chi connectivity index (χ0) is 15.2. The number of aryl methyl sites for hydroxylation is 2. The number of nitrogens with zero attached hydrogens (tertiary/aromatic N) is 2. The van der Waals surface area contributed by atoms with E-state index in [1.54, 1.807) is 0 Å². The van der Waals surface area contributed by atoms with Gasteiger partial charge in [0.2, 0.25) is 0 Å². The average molecular weight is 293 g/mol. The summed E-state index contributed by atoms with van der Waals surface area (Å²) in [6, 6.07) is 0.451. The molecule has 4 heteroatoms. The highest BCUT2D eigenvalue weighted by Gasteiger charge is 2.23. The van der Waals surface area contributed by atoms with E-state index in [1.807, 2.05) is 11.7 Å². The van der Waals surface area contributed by atoms with Crippen molar-refractivity contribution < 1.29 is 5.11 Å². The van der Waals surface area contributed by atoms with Gasteiger partial charge in [-0.25, -0.2) is 0 Å². The monoisotopic (exact) mass is 293 g/mol. The zero-order valence-corrected chi connectivity index (χ0v) is 13.9. The zero-order valence-electron chi connectivity index (χ0n) is 13.9.